The van der Waals surface area contributed by atoms with Crippen molar-refractivity contribution < 1.29 is 9.26 Å². The molecule has 0 radical (unpaired) electrons. The van der Waals surface area contributed by atoms with Gasteiger partial charge in [-0.25, -0.2) is 0 Å². The summed E-state index contributed by atoms with van der Waals surface area (Å²) < 4.78 is 10.6. The first-order chi connectivity index (χ1) is 10.1. The van der Waals surface area contributed by atoms with E-state index in [0.717, 1.165) is 16.0 Å². The quantitative estimate of drug-likeness (QED) is 0.764. The van der Waals surface area contributed by atoms with Crippen LogP contribution >= 0.6 is 22.9 Å². The molecular formula is C15H13ClN2O2S. The molecular weight excluding hydrogens is 308 g/mol. The van der Waals surface area contributed by atoms with Gasteiger partial charge in [-0.05, 0) is 30.5 Å². The molecule has 0 aliphatic heterocycles. The lowest BCUT2D eigenvalue weighted by Gasteiger charge is -2.09. The van der Waals surface area contributed by atoms with Crippen molar-refractivity contribution in [2.24, 2.45) is 0 Å². The predicted octanol–water partition coefficient (Wildman–Crippen LogP) is 4.62. The van der Waals surface area contributed by atoms with Crippen LogP contribution in [0.5, 0.6) is 5.75 Å². The van der Waals surface area contributed by atoms with Gasteiger partial charge in [-0.3, -0.25) is 0 Å². The lowest BCUT2D eigenvalue weighted by Crippen LogP contribution is -1.92. The molecule has 4 nitrogen and oxygen atoms in total. The Morgan fingerprint density at radius 2 is 2.14 bits per heavy atom. The Bertz CT molecular complexity index is 795. The summed E-state index contributed by atoms with van der Waals surface area (Å²) in [6, 6.07) is 7.69. The van der Waals surface area contributed by atoms with E-state index in [0.29, 0.717) is 22.0 Å². The van der Waals surface area contributed by atoms with Crippen molar-refractivity contribution in [3.05, 3.63) is 40.2 Å². The first-order valence-electron chi connectivity index (χ1n) is 6.25. The molecule has 0 saturated heterocycles. The molecule has 3 rings (SSSR count). The summed E-state index contributed by atoms with van der Waals surface area (Å²) in [4.78, 5) is 0.829. The van der Waals surface area contributed by atoms with Crippen LogP contribution in [0.4, 0.5) is 5.88 Å². The van der Waals surface area contributed by atoms with E-state index >= 15 is 0 Å². The number of anilines is 1. The molecule has 0 atom stereocenters. The molecule has 0 aliphatic rings. The van der Waals surface area contributed by atoms with Gasteiger partial charge >= 0.3 is 0 Å². The van der Waals surface area contributed by atoms with E-state index in [4.69, 9.17) is 26.6 Å². The Hall–Kier alpha value is -1.98. The maximum Gasteiger partial charge on any atom is 0.230 e. The second-order valence-electron chi connectivity index (χ2n) is 4.57. The fraction of sp³-hybridized carbons (Fsp3) is 0.133. The minimum absolute atomic E-state index is 0.248. The van der Waals surface area contributed by atoms with Crippen LogP contribution < -0.4 is 10.5 Å². The zero-order chi connectivity index (χ0) is 15.0. The Labute approximate surface area is 131 Å². The molecule has 6 heteroatoms. The van der Waals surface area contributed by atoms with Gasteiger partial charge in [0.2, 0.25) is 5.88 Å². The first-order valence-corrected chi connectivity index (χ1v) is 7.51. The van der Waals surface area contributed by atoms with E-state index in [-0.39, 0.29) is 5.88 Å². The zero-order valence-electron chi connectivity index (χ0n) is 11.5. The summed E-state index contributed by atoms with van der Waals surface area (Å²) in [5.74, 6) is 0.961. The van der Waals surface area contributed by atoms with Gasteiger partial charge in [-0.2, -0.15) is 0 Å². The monoisotopic (exact) mass is 320 g/mol. The molecule has 2 aromatic heterocycles. The summed E-state index contributed by atoms with van der Waals surface area (Å²) in [6.07, 6.45) is 0. The molecule has 1 aromatic carbocycles. The number of rotatable bonds is 3. The van der Waals surface area contributed by atoms with E-state index in [1.54, 1.807) is 7.11 Å². The van der Waals surface area contributed by atoms with Gasteiger partial charge in [0.25, 0.3) is 0 Å². The number of aromatic nitrogens is 1. The molecule has 0 aliphatic carbocycles. The third-order valence-electron chi connectivity index (χ3n) is 3.18. The number of nitrogens with two attached hydrogens (primary N) is 1. The van der Waals surface area contributed by atoms with Crippen molar-refractivity contribution in [1.29, 1.82) is 0 Å². The highest BCUT2D eigenvalue weighted by molar-refractivity contribution is 7.14. The van der Waals surface area contributed by atoms with Gasteiger partial charge in [-0.1, -0.05) is 28.4 Å². The molecule has 3 aromatic rings. The van der Waals surface area contributed by atoms with Crippen molar-refractivity contribution in [2.75, 3.05) is 12.8 Å². The van der Waals surface area contributed by atoms with Crippen LogP contribution in [0.3, 0.4) is 0 Å². The average molecular weight is 321 g/mol. The molecule has 0 amide bonds. The minimum atomic E-state index is 0.248. The molecule has 0 fully saturated rings. The number of nitrogens with zero attached hydrogens (tertiary/aromatic N) is 1. The van der Waals surface area contributed by atoms with Crippen LogP contribution in [0.2, 0.25) is 5.02 Å². The summed E-state index contributed by atoms with van der Waals surface area (Å²) in [7, 11) is 1.62. The highest BCUT2D eigenvalue weighted by Gasteiger charge is 2.23. The van der Waals surface area contributed by atoms with Crippen molar-refractivity contribution in [3.8, 4) is 27.4 Å². The highest BCUT2D eigenvalue weighted by Crippen LogP contribution is 2.44. The Balaban J connectivity index is 2.27. The van der Waals surface area contributed by atoms with Crippen LogP contribution in [0.25, 0.3) is 21.7 Å². The predicted molar refractivity (Wildman–Crippen MR) is 86.0 cm³/mol. The number of halogens is 1. The smallest absolute Gasteiger partial charge is 0.230 e. The van der Waals surface area contributed by atoms with Crippen molar-refractivity contribution >= 4 is 28.8 Å². The van der Waals surface area contributed by atoms with Gasteiger partial charge in [0, 0.05) is 5.56 Å². The van der Waals surface area contributed by atoms with E-state index in [9.17, 15) is 0 Å². The molecule has 0 unspecified atom stereocenters. The summed E-state index contributed by atoms with van der Waals surface area (Å²) in [5, 5.41) is 6.60. The molecule has 0 spiro atoms. The number of ether oxygens (including phenoxy) is 1. The normalized spacial score (nSPS) is 10.8. The molecule has 108 valence electrons. The van der Waals surface area contributed by atoms with Crippen LogP contribution in [0.1, 0.15) is 5.56 Å². The van der Waals surface area contributed by atoms with Crippen LogP contribution in [-0.2, 0) is 0 Å². The van der Waals surface area contributed by atoms with Gasteiger partial charge in [0.15, 0.2) is 0 Å². The fourth-order valence-corrected chi connectivity index (χ4v) is 3.33. The summed E-state index contributed by atoms with van der Waals surface area (Å²) in [6.45, 7) is 2.00. The van der Waals surface area contributed by atoms with E-state index in [1.807, 2.05) is 36.6 Å². The van der Waals surface area contributed by atoms with Gasteiger partial charge in [-0.15, -0.1) is 11.3 Å². The molecule has 0 saturated carbocycles. The number of benzene rings is 1. The van der Waals surface area contributed by atoms with Crippen molar-refractivity contribution in [1.82, 2.24) is 5.16 Å². The van der Waals surface area contributed by atoms with E-state index < -0.39 is 0 Å². The SMILES string of the molecule is COc1ccc(C)cc1-c1c(-c2sccc2Cl)noc1N. The maximum absolute atomic E-state index is 6.20. The second kappa shape index (κ2) is 5.42. The van der Waals surface area contributed by atoms with Crippen LogP contribution in [-0.4, -0.2) is 12.3 Å². The Kier molecular flexibility index (Phi) is 3.61. The van der Waals surface area contributed by atoms with Crippen molar-refractivity contribution in [2.45, 2.75) is 6.92 Å². The fourth-order valence-electron chi connectivity index (χ4n) is 2.20. The number of aryl methyl sites for hydroxylation is 1. The lowest BCUT2D eigenvalue weighted by molar-refractivity contribution is 0.416. The van der Waals surface area contributed by atoms with Gasteiger partial charge in [0.05, 0.1) is 22.6 Å². The van der Waals surface area contributed by atoms with Gasteiger partial charge in [0.1, 0.15) is 11.4 Å². The molecule has 21 heavy (non-hydrogen) atoms. The first kappa shape index (κ1) is 14.0. The lowest BCUT2D eigenvalue weighted by atomic mass is 10.0. The van der Waals surface area contributed by atoms with Crippen molar-refractivity contribution in [3.63, 3.8) is 0 Å². The Morgan fingerprint density at radius 3 is 2.81 bits per heavy atom. The highest BCUT2D eigenvalue weighted by atomic mass is 35.5. The largest absolute Gasteiger partial charge is 0.496 e. The topological polar surface area (TPSA) is 61.3 Å². The zero-order valence-corrected chi connectivity index (χ0v) is 13.1. The number of methoxy groups -OCH3 is 1. The molecule has 2 N–H and O–H groups in total. The van der Waals surface area contributed by atoms with Gasteiger partial charge < -0.3 is 15.0 Å². The summed E-state index contributed by atoms with van der Waals surface area (Å²) in [5.41, 5.74) is 9.26. The molecule has 2 heterocycles. The maximum atomic E-state index is 6.20. The molecule has 0 bridgehead atoms. The number of hydrogen-bond donors (Lipinski definition) is 1. The number of nitrogen functional groups attached to an aromatic ring is 1. The average Bonchev–Trinajstić information content (AvgIpc) is 3.04. The summed E-state index contributed by atoms with van der Waals surface area (Å²) >= 11 is 7.70. The number of hydrogen-bond acceptors (Lipinski definition) is 5. The Morgan fingerprint density at radius 1 is 1.33 bits per heavy atom. The standard InChI is InChI=1S/C15H13ClN2O2S/c1-8-3-4-11(19-2)9(7-8)12-13(18-20-15(12)17)14-10(16)5-6-21-14/h3-7H,17H2,1-2H3. The van der Waals surface area contributed by atoms with E-state index in [1.165, 1.54) is 11.3 Å². The second-order valence-corrected chi connectivity index (χ2v) is 5.90. The van der Waals surface area contributed by atoms with Crippen LogP contribution in [0.15, 0.2) is 34.2 Å². The number of thiophene rings is 1. The van der Waals surface area contributed by atoms with Crippen LogP contribution in [0, 0.1) is 6.92 Å². The minimum Gasteiger partial charge on any atom is -0.496 e. The van der Waals surface area contributed by atoms with E-state index in [2.05, 4.69) is 5.16 Å². The third-order valence-corrected chi connectivity index (χ3v) is 4.52. The third kappa shape index (κ3) is 2.39.